The van der Waals surface area contributed by atoms with Crippen LogP contribution < -0.4 is 0 Å². The van der Waals surface area contributed by atoms with Gasteiger partial charge in [0.15, 0.2) is 6.29 Å². The molecular weight excluding hydrogens is 217 g/mol. The van der Waals surface area contributed by atoms with Crippen molar-refractivity contribution in [3.05, 3.63) is 27.5 Å². The van der Waals surface area contributed by atoms with Crippen molar-refractivity contribution in [2.75, 3.05) is 0 Å². The smallest absolute Gasteiger partial charge is 0.168 e. The van der Waals surface area contributed by atoms with Gasteiger partial charge >= 0.3 is 0 Å². The number of aromatic nitrogens is 1. The lowest BCUT2D eigenvalue weighted by Crippen LogP contribution is -1.84. The Kier molecular flexibility index (Phi) is 2.40. The Morgan fingerprint density at radius 3 is 2.90 bits per heavy atom. The molecular formula is C6H3BrClNO. The van der Waals surface area contributed by atoms with Gasteiger partial charge in [-0.2, -0.15) is 0 Å². The van der Waals surface area contributed by atoms with Gasteiger partial charge in [0, 0.05) is 6.20 Å². The number of nitrogens with zero attached hydrogens (tertiary/aromatic N) is 1. The lowest BCUT2D eigenvalue weighted by atomic mass is 10.4. The van der Waals surface area contributed by atoms with Crippen LogP contribution in [-0.4, -0.2) is 11.3 Å². The molecule has 0 aliphatic heterocycles. The van der Waals surface area contributed by atoms with Crippen LogP contribution >= 0.6 is 27.5 Å². The van der Waals surface area contributed by atoms with E-state index in [1.807, 2.05) is 0 Å². The number of hydrogen-bond donors (Lipinski definition) is 0. The molecule has 0 saturated carbocycles. The largest absolute Gasteiger partial charge is 0.296 e. The van der Waals surface area contributed by atoms with Gasteiger partial charge in [0.05, 0.1) is 9.50 Å². The van der Waals surface area contributed by atoms with Crippen LogP contribution in [0.15, 0.2) is 16.7 Å². The average molecular weight is 220 g/mol. The summed E-state index contributed by atoms with van der Waals surface area (Å²) in [6.45, 7) is 0. The van der Waals surface area contributed by atoms with E-state index in [1.54, 1.807) is 0 Å². The molecule has 0 N–H and O–H groups in total. The minimum Gasteiger partial charge on any atom is -0.296 e. The molecule has 0 aliphatic rings. The van der Waals surface area contributed by atoms with Crippen molar-refractivity contribution in [3.8, 4) is 0 Å². The van der Waals surface area contributed by atoms with E-state index in [0.717, 1.165) is 0 Å². The molecule has 4 heteroatoms. The van der Waals surface area contributed by atoms with Gasteiger partial charge in [-0.1, -0.05) is 11.6 Å². The summed E-state index contributed by atoms with van der Waals surface area (Å²) < 4.78 is 0.694. The summed E-state index contributed by atoms with van der Waals surface area (Å²) in [5.41, 5.74) is 0.341. The van der Waals surface area contributed by atoms with Gasteiger partial charge in [-0.05, 0) is 22.0 Å². The van der Waals surface area contributed by atoms with E-state index in [-0.39, 0.29) is 0 Å². The predicted molar refractivity (Wildman–Crippen MR) is 42.3 cm³/mol. The van der Waals surface area contributed by atoms with Crippen LogP contribution in [0, 0.1) is 0 Å². The molecule has 0 atom stereocenters. The van der Waals surface area contributed by atoms with Crippen molar-refractivity contribution in [2.45, 2.75) is 0 Å². The van der Waals surface area contributed by atoms with Crippen LogP contribution in [0.3, 0.4) is 0 Å². The Morgan fingerprint density at radius 2 is 2.40 bits per heavy atom. The molecule has 1 heterocycles. The summed E-state index contributed by atoms with van der Waals surface area (Å²) in [5, 5.41) is 0.497. The number of halogens is 2. The first-order valence-electron chi connectivity index (χ1n) is 2.50. The molecule has 2 nitrogen and oxygen atoms in total. The molecule has 0 aromatic carbocycles. The topological polar surface area (TPSA) is 30.0 Å². The molecule has 1 rings (SSSR count). The second kappa shape index (κ2) is 3.12. The van der Waals surface area contributed by atoms with Gasteiger partial charge in [0.2, 0.25) is 0 Å². The molecule has 0 amide bonds. The summed E-state index contributed by atoms with van der Waals surface area (Å²) in [6.07, 6.45) is 2.14. The third-order valence-electron chi connectivity index (χ3n) is 0.950. The molecule has 0 saturated heterocycles. The van der Waals surface area contributed by atoms with Crippen molar-refractivity contribution >= 4 is 33.8 Å². The first-order valence-corrected chi connectivity index (χ1v) is 3.67. The van der Waals surface area contributed by atoms with Crippen LogP contribution in [0.2, 0.25) is 5.02 Å². The lowest BCUT2D eigenvalue weighted by molar-refractivity contribution is 0.111. The lowest BCUT2D eigenvalue weighted by Gasteiger charge is -1.93. The highest BCUT2D eigenvalue weighted by molar-refractivity contribution is 9.10. The first-order chi connectivity index (χ1) is 4.74. The van der Waals surface area contributed by atoms with E-state index in [1.165, 1.54) is 12.3 Å². The molecule has 0 radical (unpaired) electrons. The number of aldehydes is 1. The molecule has 0 aliphatic carbocycles. The standard InChI is InChI=1S/C6H3BrClNO/c7-5-2-9-4(3-10)1-6(5)8/h1-3H. The minimum atomic E-state index is 0.341. The molecule has 0 unspecified atom stereocenters. The van der Waals surface area contributed by atoms with E-state index in [4.69, 9.17) is 11.6 Å². The number of rotatable bonds is 1. The average Bonchev–Trinajstić information content (AvgIpc) is 1.95. The Hall–Kier alpha value is -0.410. The number of pyridine rings is 1. The predicted octanol–water partition coefficient (Wildman–Crippen LogP) is 2.31. The Balaban J connectivity index is 3.16. The minimum absolute atomic E-state index is 0.341. The fourth-order valence-electron chi connectivity index (χ4n) is 0.493. The fraction of sp³-hybridized carbons (Fsp3) is 0. The third kappa shape index (κ3) is 1.55. The second-order valence-corrected chi connectivity index (χ2v) is 2.90. The van der Waals surface area contributed by atoms with Gasteiger partial charge in [-0.25, -0.2) is 0 Å². The van der Waals surface area contributed by atoms with Gasteiger partial charge in [0.1, 0.15) is 5.69 Å². The molecule has 0 spiro atoms. The summed E-state index contributed by atoms with van der Waals surface area (Å²) in [5.74, 6) is 0. The summed E-state index contributed by atoms with van der Waals surface area (Å²) >= 11 is 8.79. The molecule has 0 fully saturated rings. The fourth-order valence-corrected chi connectivity index (χ4v) is 0.871. The maximum absolute atomic E-state index is 10.1. The zero-order valence-electron chi connectivity index (χ0n) is 4.84. The Morgan fingerprint density at radius 1 is 1.70 bits per heavy atom. The highest BCUT2D eigenvalue weighted by Gasteiger charge is 1.97. The molecule has 0 bridgehead atoms. The summed E-state index contributed by atoms with van der Waals surface area (Å²) in [6, 6.07) is 1.50. The summed E-state index contributed by atoms with van der Waals surface area (Å²) in [7, 11) is 0. The van der Waals surface area contributed by atoms with Crippen LogP contribution in [-0.2, 0) is 0 Å². The third-order valence-corrected chi connectivity index (χ3v) is 2.12. The van der Waals surface area contributed by atoms with Gasteiger partial charge in [0.25, 0.3) is 0 Å². The molecule has 1 aromatic heterocycles. The maximum Gasteiger partial charge on any atom is 0.168 e. The van der Waals surface area contributed by atoms with E-state index in [9.17, 15) is 4.79 Å². The van der Waals surface area contributed by atoms with E-state index >= 15 is 0 Å². The van der Waals surface area contributed by atoms with Crippen LogP contribution in [0.1, 0.15) is 10.5 Å². The first kappa shape index (κ1) is 7.69. The normalized spacial score (nSPS) is 9.40. The maximum atomic E-state index is 10.1. The van der Waals surface area contributed by atoms with E-state index in [2.05, 4.69) is 20.9 Å². The number of carbonyl (C=O) groups is 1. The van der Waals surface area contributed by atoms with Gasteiger partial charge in [-0.15, -0.1) is 0 Å². The molecule has 52 valence electrons. The van der Waals surface area contributed by atoms with Crippen molar-refractivity contribution in [2.24, 2.45) is 0 Å². The second-order valence-electron chi connectivity index (χ2n) is 1.64. The van der Waals surface area contributed by atoms with Crippen LogP contribution in [0.5, 0.6) is 0 Å². The van der Waals surface area contributed by atoms with Crippen LogP contribution in [0.4, 0.5) is 0 Å². The Bertz CT molecular complexity index is 264. The van der Waals surface area contributed by atoms with Gasteiger partial charge < -0.3 is 0 Å². The molecule has 10 heavy (non-hydrogen) atoms. The van der Waals surface area contributed by atoms with Crippen molar-refractivity contribution in [1.82, 2.24) is 4.98 Å². The van der Waals surface area contributed by atoms with Crippen molar-refractivity contribution in [3.63, 3.8) is 0 Å². The SMILES string of the molecule is O=Cc1cc(Cl)c(Br)cn1. The van der Waals surface area contributed by atoms with Crippen LogP contribution in [0.25, 0.3) is 0 Å². The van der Waals surface area contributed by atoms with Crippen molar-refractivity contribution in [1.29, 1.82) is 0 Å². The Labute approximate surface area is 71.3 Å². The quantitative estimate of drug-likeness (QED) is 0.680. The molecule has 1 aromatic rings. The van der Waals surface area contributed by atoms with Crippen molar-refractivity contribution < 1.29 is 4.79 Å². The highest BCUT2D eigenvalue weighted by atomic mass is 79.9. The van der Waals surface area contributed by atoms with E-state index in [0.29, 0.717) is 21.5 Å². The summed E-state index contributed by atoms with van der Waals surface area (Å²) in [4.78, 5) is 13.9. The van der Waals surface area contributed by atoms with E-state index < -0.39 is 0 Å². The monoisotopic (exact) mass is 219 g/mol. The zero-order chi connectivity index (χ0) is 7.56. The number of carbonyl (C=O) groups excluding carboxylic acids is 1. The van der Waals surface area contributed by atoms with Gasteiger partial charge in [-0.3, -0.25) is 9.78 Å². The zero-order valence-corrected chi connectivity index (χ0v) is 7.19. The number of hydrogen-bond acceptors (Lipinski definition) is 2. The highest BCUT2D eigenvalue weighted by Crippen LogP contribution is 2.20.